The van der Waals surface area contributed by atoms with Crippen LogP contribution < -0.4 is 0 Å². The molecule has 1 aromatic heterocycles. The number of aryl methyl sites for hydroxylation is 1. The van der Waals surface area contributed by atoms with Crippen molar-refractivity contribution in [2.45, 2.75) is 39.8 Å². The first-order valence-electron chi connectivity index (χ1n) is 4.92. The molecule has 1 rings (SSSR count). The molecule has 0 unspecified atom stereocenters. The minimum Gasteiger partial charge on any atom is -0.455 e. The molecule has 1 heterocycles. The molecule has 0 aromatic carbocycles. The fourth-order valence-electron chi connectivity index (χ4n) is 1.24. The Bertz CT molecular complexity index is 363. The molecule has 0 saturated carbocycles. The van der Waals surface area contributed by atoms with Gasteiger partial charge in [-0.3, -0.25) is 0 Å². The molecule has 0 bridgehead atoms. The number of esters is 1. The highest BCUT2D eigenvalue weighted by molar-refractivity contribution is 6.30. The number of hydrogen-bond donors (Lipinski definition) is 0. The van der Waals surface area contributed by atoms with Gasteiger partial charge in [0.15, 0.2) is 0 Å². The zero-order chi connectivity index (χ0) is 11.6. The molecule has 0 amide bonds. The number of carbonyl (C=O) groups excluding carboxylic acids is 1. The molecule has 0 aliphatic heterocycles. The molecule has 0 aliphatic rings. The Morgan fingerprint density at radius 1 is 1.53 bits per heavy atom. The van der Waals surface area contributed by atoms with Crippen molar-refractivity contribution in [3.05, 3.63) is 23.0 Å². The number of aromatic nitrogens is 1. The van der Waals surface area contributed by atoms with Crippen molar-refractivity contribution < 1.29 is 9.53 Å². The average Bonchev–Trinajstić information content (AvgIpc) is 2.43. The second kappa shape index (κ2) is 4.27. The van der Waals surface area contributed by atoms with E-state index in [2.05, 4.69) is 0 Å². The standard InChI is InChI=1S/C11H16ClNO2/c1-5-13-7-8(12)6-9(13)10(14)15-11(2,3)4/h6-7H,5H2,1-4H3. The van der Waals surface area contributed by atoms with Crippen molar-refractivity contribution in [2.24, 2.45) is 0 Å². The van der Waals surface area contributed by atoms with Crippen LogP contribution >= 0.6 is 11.6 Å². The van der Waals surface area contributed by atoms with Crippen LogP contribution in [0.4, 0.5) is 0 Å². The predicted molar refractivity (Wildman–Crippen MR) is 60.3 cm³/mol. The summed E-state index contributed by atoms with van der Waals surface area (Å²) in [5, 5.41) is 0.553. The van der Waals surface area contributed by atoms with Crippen LogP contribution in [0, 0.1) is 0 Å². The van der Waals surface area contributed by atoms with Gasteiger partial charge in [0.2, 0.25) is 0 Å². The molecule has 3 nitrogen and oxygen atoms in total. The summed E-state index contributed by atoms with van der Waals surface area (Å²) >= 11 is 5.83. The van der Waals surface area contributed by atoms with Crippen LogP contribution in [0.15, 0.2) is 12.3 Å². The van der Waals surface area contributed by atoms with Gasteiger partial charge in [-0.2, -0.15) is 0 Å². The number of nitrogens with zero attached hydrogens (tertiary/aromatic N) is 1. The Morgan fingerprint density at radius 3 is 2.60 bits per heavy atom. The third kappa shape index (κ3) is 3.27. The maximum Gasteiger partial charge on any atom is 0.355 e. The van der Waals surface area contributed by atoms with Gasteiger partial charge >= 0.3 is 5.97 Å². The van der Waals surface area contributed by atoms with Gasteiger partial charge in [0.25, 0.3) is 0 Å². The van der Waals surface area contributed by atoms with Gasteiger partial charge < -0.3 is 9.30 Å². The van der Waals surface area contributed by atoms with Gasteiger partial charge in [-0.05, 0) is 33.8 Å². The predicted octanol–water partition coefficient (Wildman–Crippen LogP) is 3.12. The summed E-state index contributed by atoms with van der Waals surface area (Å²) in [6, 6.07) is 1.62. The normalized spacial score (nSPS) is 11.5. The van der Waals surface area contributed by atoms with Crippen LogP contribution in [0.1, 0.15) is 38.2 Å². The lowest BCUT2D eigenvalue weighted by Crippen LogP contribution is -2.25. The largest absolute Gasteiger partial charge is 0.455 e. The third-order valence-corrected chi connectivity index (χ3v) is 2.02. The highest BCUT2D eigenvalue weighted by Crippen LogP contribution is 2.17. The Balaban J connectivity index is 2.91. The summed E-state index contributed by atoms with van der Waals surface area (Å²) in [6.07, 6.45) is 1.72. The number of hydrogen-bond acceptors (Lipinski definition) is 2. The molecular weight excluding hydrogens is 214 g/mol. The summed E-state index contributed by atoms with van der Waals surface area (Å²) in [4.78, 5) is 11.8. The summed E-state index contributed by atoms with van der Waals surface area (Å²) in [6.45, 7) is 8.16. The number of ether oxygens (including phenoxy) is 1. The van der Waals surface area contributed by atoms with E-state index < -0.39 is 5.60 Å². The fourth-order valence-corrected chi connectivity index (χ4v) is 1.46. The Kier molecular flexibility index (Phi) is 3.45. The van der Waals surface area contributed by atoms with Crippen molar-refractivity contribution in [1.29, 1.82) is 0 Å². The minimum atomic E-state index is -0.480. The molecule has 0 fully saturated rings. The van der Waals surface area contributed by atoms with Crippen LogP contribution in [0.3, 0.4) is 0 Å². The molecule has 0 saturated heterocycles. The van der Waals surface area contributed by atoms with Crippen molar-refractivity contribution in [2.75, 3.05) is 0 Å². The van der Waals surface area contributed by atoms with Crippen LogP contribution in [-0.2, 0) is 11.3 Å². The zero-order valence-electron chi connectivity index (χ0n) is 9.50. The van der Waals surface area contributed by atoms with E-state index in [1.165, 1.54) is 0 Å². The van der Waals surface area contributed by atoms with E-state index in [1.54, 1.807) is 16.8 Å². The highest BCUT2D eigenvalue weighted by Gasteiger charge is 2.20. The van der Waals surface area contributed by atoms with Crippen LogP contribution in [-0.4, -0.2) is 16.1 Å². The van der Waals surface area contributed by atoms with Crippen molar-refractivity contribution in [3.8, 4) is 0 Å². The van der Waals surface area contributed by atoms with Gasteiger partial charge in [-0.1, -0.05) is 11.6 Å². The van der Waals surface area contributed by atoms with E-state index in [0.29, 0.717) is 17.3 Å². The molecule has 4 heteroatoms. The van der Waals surface area contributed by atoms with E-state index in [-0.39, 0.29) is 5.97 Å². The average molecular weight is 230 g/mol. The smallest absolute Gasteiger partial charge is 0.355 e. The summed E-state index contributed by atoms with van der Waals surface area (Å²) < 4.78 is 7.04. The van der Waals surface area contributed by atoms with Crippen LogP contribution in [0.5, 0.6) is 0 Å². The minimum absolute atomic E-state index is 0.337. The van der Waals surface area contributed by atoms with E-state index in [4.69, 9.17) is 16.3 Å². The van der Waals surface area contributed by atoms with Gasteiger partial charge in [-0.15, -0.1) is 0 Å². The second-order valence-electron chi connectivity index (χ2n) is 4.33. The van der Waals surface area contributed by atoms with E-state index in [0.717, 1.165) is 0 Å². The van der Waals surface area contributed by atoms with Gasteiger partial charge in [0.05, 0.1) is 5.02 Å². The highest BCUT2D eigenvalue weighted by atomic mass is 35.5. The van der Waals surface area contributed by atoms with Crippen molar-refractivity contribution >= 4 is 17.6 Å². The monoisotopic (exact) mass is 229 g/mol. The summed E-state index contributed by atoms with van der Waals surface area (Å²) in [5.74, 6) is -0.337. The van der Waals surface area contributed by atoms with Gasteiger partial charge in [0, 0.05) is 12.7 Å². The molecular formula is C11H16ClNO2. The molecule has 84 valence electrons. The Hall–Kier alpha value is -0.960. The molecule has 0 spiro atoms. The number of rotatable bonds is 2. The fraction of sp³-hybridized carbons (Fsp3) is 0.545. The van der Waals surface area contributed by atoms with Crippen LogP contribution in [0.2, 0.25) is 5.02 Å². The molecule has 0 aliphatic carbocycles. The molecule has 0 atom stereocenters. The van der Waals surface area contributed by atoms with Crippen molar-refractivity contribution in [3.63, 3.8) is 0 Å². The Morgan fingerprint density at radius 2 is 2.13 bits per heavy atom. The second-order valence-corrected chi connectivity index (χ2v) is 4.77. The zero-order valence-corrected chi connectivity index (χ0v) is 10.3. The lowest BCUT2D eigenvalue weighted by Gasteiger charge is -2.19. The first kappa shape index (κ1) is 12.1. The number of halogens is 1. The SMILES string of the molecule is CCn1cc(Cl)cc1C(=O)OC(C)(C)C. The molecule has 0 radical (unpaired) electrons. The first-order valence-corrected chi connectivity index (χ1v) is 5.30. The van der Waals surface area contributed by atoms with Crippen molar-refractivity contribution in [1.82, 2.24) is 4.57 Å². The summed E-state index contributed by atoms with van der Waals surface area (Å²) in [5.41, 5.74) is 0.0179. The maximum absolute atomic E-state index is 11.8. The topological polar surface area (TPSA) is 31.2 Å². The lowest BCUT2D eigenvalue weighted by molar-refractivity contribution is 0.00579. The quantitative estimate of drug-likeness (QED) is 0.730. The number of carbonyl (C=O) groups is 1. The van der Waals surface area contributed by atoms with Crippen LogP contribution in [0.25, 0.3) is 0 Å². The lowest BCUT2D eigenvalue weighted by atomic mass is 10.2. The Labute approximate surface area is 95.0 Å². The first-order chi connectivity index (χ1) is 6.83. The molecule has 1 aromatic rings. The van der Waals surface area contributed by atoms with E-state index >= 15 is 0 Å². The van der Waals surface area contributed by atoms with E-state index in [1.807, 2.05) is 27.7 Å². The van der Waals surface area contributed by atoms with E-state index in [9.17, 15) is 4.79 Å². The third-order valence-electron chi connectivity index (χ3n) is 1.81. The molecule has 15 heavy (non-hydrogen) atoms. The summed E-state index contributed by atoms with van der Waals surface area (Å²) in [7, 11) is 0. The molecule has 0 N–H and O–H groups in total. The van der Waals surface area contributed by atoms with Gasteiger partial charge in [-0.25, -0.2) is 4.79 Å². The van der Waals surface area contributed by atoms with Gasteiger partial charge in [0.1, 0.15) is 11.3 Å². The maximum atomic E-state index is 11.8.